The molecule has 0 unspecified atom stereocenters. The highest BCUT2D eigenvalue weighted by molar-refractivity contribution is 8.14. The molecule has 0 heterocycles. The summed E-state index contributed by atoms with van der Waals surface area (Å²) in [6.45, 7) is 0. The van der Waals surface area contributed by atoms with Crippen LogP contribution in [0.15, 0.2) is 30.3 Å². The van der Waals surface area contributed by atoms with Crippen LogP contribution in [0.25, 0.3) is 0 Å². The molecule has 0 saturated heterocycles. The first kappa shape index (κ1) is 11.4. The molecule has 0 aliphatic rings. The summed E-state index contributed by atoms with van der Waals surface area (Å²) < 4.78 is 0. The van der Waals surface area contributed by atoms with Crippen LogP contribution in [0.5, 0.6) is 0 Å². The van der Waals surface area contributed by atoms with E-state index in [4.69, 9.17) is 5.11 Å². The average molecular weight is 226 g/mol. The minimum atomic E-state index is -1.02. The van der Waals surface area contributed by atoms with E-state index in [9.17, 15) is 9.59 Å². The van der Waals surface area contributed by atoms with Gasteiger partial charge in [0.25, 0.3) is 5.24 Å². The van der Waals surface area contributed by atoms with E-state index in [1.54, 1.807) is 12.1 Å². The third-order valence-corrected chi connectivity index (χ3v) is 2.16. The highest BCUT2D eigenvalue weighted by Crippen LogP contribution is 2.05. The number of amides is 1. The minimum absolute atomic E-state index is 0.248. The lowest BCUT2D eigenvalue weighted by atomic mass is 10.3. The van der Waals surface area contributed by atoms with Crippen LogP contribution in [0.3, 0.4) is 0 Å². The lowest BCUT2D eigenvalue weighted by molar-refractivity contribution is -0.133. The average Bonchev–Trinajstić information content (AvgIpc) is 2.25. The topological polar surface area (TPSA) is 78.4 Å². The van der Waals surface area contributed by atoms with Crippen LogP contribution in [0.4, 0.5) is 10.5 Å². The number of carbonyl (C=O) groups excluding carboxylic acids is 1. The van der Waals surface area contributed by atoms with Crippen LogP contribution in [-0.4, -0.2) is 22.1 Å². The van der Waals surface area contributed by atoms with Gasteiger partial charge in [-0.1, -0.05) is 30.0 Å². The number of carboxylic acids is 1. The van der Waals surface area contributed by atoms with E-state index in [2.05, 4.69) is 10.9 Å². The number of hydrogen-bond donors (Lipinski definition) is 3. The highest BCUT2D eigenvalue weighted by atomic mass is 32.2. The van der Waals surface area contributed by atoms with Gasteiger partial charge in [0.05, 0.1) is 5.69 Å². The first-order valence-corrected chi connectivity index (χ1v) is 5.12. The molecular weight excluding hydrogens is 216 g/mol. The summed E-state index contributed by atoms with van der Waals surface area (Å²) in [5.74, 6) is -1.27. The SMILES string of the molecule is O=C(O)CSC(=O)NNc1ccccc1. The highest BCUT2D eigenvalue weighted by Gasteiger charge is 2.04. The monoisotopic (exact) mass is 226 g/mol. The first-order chi connectivity index (χ1) is 7.18. The number of hydrogen-bond acceptors (Lipinski definition) is 4. The fraction of sp³-hybridized carbons (Fsp3) is 0.111. The molecule has 0 aromatic heterocycles. The minimum Gasteiger partial charge on any atom is -0.481 e. The van der Waals surface area contributed by atoms with Crippen LogP contribution in [-0.2, 0) is 4.79 Å². The van der Waals surface area contributed by atoms with Crippen molar-refractivity contribution in [2.75, 3.05) is 11.2 Å². The zero-order chi connectivity index (χ0) is 11.1. The summed E-state index contributed by atoms with van der Waals surface area (Å²) in [6, 6.07) is 9.05. The van der Waals surface area contributed by atoms with Crippen LogP contribution < -0.4 is 10.9 Å². The molecule has 15 heavy (non-hydrogen) atoms. The van der Waals surface area contributed by atoms with Crippen LogP contribution in [0, 0.1) is 0 Å². The quantitative estimate of drug-likeness (QED) is 0.679. The van der Waals surface area contributed by atoms with Crippen molar-refractivity contribution in [3.05, 3.63) is 30.3 Å². The number of carboxylic acid groups (broad SMARTS) is 1. The smallest absolute Gasteiger partial charge is 0.314 e. The molecule has 0 aliphatic carbocycles. The maximum Gasteiger partial charge on any atom is 0.314 e. The largest absolute Gasteiger partial charge is 0.481 e. The fourth-order valence-electron chi connectivity index (χ4n) is 0.808. The molecule has 1 amide bonds. The molecule has 0 bridgehead atoms. The Morgan fingerprint density at radius 2 is 1.93 bits per heavy atom. The Bertz CT molecular complexity index is 342. The second kappa shape index (κ2) is 5.92. The van der Waals surface area contributed by atoms with Gasteiger partial charge in [-0.25, -0.2) is 0 Å². The van der Waals surface area contributed by atoms with Crippen molar-refractivity contribution in [3.8, 4) is 0 Å². The molecule has 0 spiro atoms. The van der Waals surface area contributed by atoms with Crippen LogP contribution >= 0.6 is 11.8 Å². The molecule has 0 fully saturated rings. The van der Waals surface area contributed by atoms with Crippen molar-refractivity contribution in [1.82, 2.24) is 5.43 Å². The molecule has 1 aromatic rings. The van der Waals surface area contributed by atoms with E-state index in [0.29, 0.717) is 11.8 Å². The van der Waals surface area contributed by atoms with E-state index in [-0.39, 0.29) is 5.75 Å². The number of benzene rings is 1. The predicted octanol–water partition coefficient (Wildman–Crippen LogP) is 1.54. The van der Waals surface area contributed by atoms with E-state index < -0.39 is 11.2 Å². The summed E-state index contributed by atoms with van der Waals surface area (Å²) in [5.41, 5.74) is 5.76. The lowest BCUT2D eigenvalue weighted by Gasteiger charge is -2.06. The second-order valence-electron chi connectivity index (χ2n) is 2.59. The molecule has 0 aliphatic heterocycles. The van der Waals surface area contributed by atoms with Gasteiger partial charge in [0.2, 0.25) is 0 Å². The lowest BCUT2D eigenvalue weighted by Crippen LogP contribution is -2.26. The molecule has 3 N–H and O–H groups in total. The van der Waals surface area contributed by atoms with Gasteiger partial charge < -0.3 is 5.11 Å². The summed E-state index contributed by atoms with van der Waals surface area (Å²) >= 11 is 0.692. The summed E-state index contributed by atoms with van der Waals surface area (Å²) in [6.07, 6.45) is 0. The zero-order valence-corrected chi connectivity index (χ0v) is 8.58. The Hall–Kier alpha value is -1.69. The summed E-state index contributed by atoms with van der Waals surface area (Å²) in [5, 5.41) is 7.90. The Morgan fingerprint density at radius 1 is 1.27 bits per heavy atom. The van der Waals surface area contributed by atoms with Gasteiger partial charge in [-0.15, -0.1) is 0 Å². The van der Waals surface area contributed by atoms with Gasteiger partial charge in [0, 0.05) is 0 Å². The number of thioether (sulfide) groups is 1. The number of nitrogens with one attached hydrogen (secondary N) is 2. The van der Waals surface area contributed by atoms with Gasteiger partial charge in [0.1, 0.15) is 5.75 Å². The third kappa shape index (κ3) is 4.92. The van der Waals surface area contributed by atoms with E-state index in [1.807, 2.05) is 18.2 Å². The Balaban J connectivity index is 2.26. The summed E-state index contributed by atoms with van der Waals surface area (Å²) in [4.78, 5) is 21.2. The molecule has 5 nitrogen and oxygen atoms in total. The molecule has 0 saturated carbocycles. The van der Waals surface area contributed by atoms with Crippen molar-refractivity contribution in [3.63, 3.8) is 0 Å². The Morgan fingerprint density at radius 3 is 2.53 bits per heavy atom. The van der Waals surface area contributed by atoms with E-state index in [1.165, 1.54) is 0 Å². The van der Waals surface area contributed by atoms with E-state index >= 15 is 0 Å². The maximum atomic E-state index is 11.0. The first-order valence-electron chi connectivity index (χ1n) is 4.14. The number of hydrazine groups is 1. The molecule has 0 radical (unpaired) electrons. The zero-order valence-electron chi connectivity index (χ0n) is 7.77. The van der Waals surface area contributed by atoms with Crippen LogP contribution in [0.2, 0.25) is 0 Å². The fourth-order valence-corrected chi connectivity index (χ4v) is 1.19. The number of carbonyl (C=O) groups is 2. The normalized spacial score (nSPS) is 9.33. The number of aliphatic carboxylic acids is 1. The van der Waals surface area contributed by atoms with Crippen molar-refractivity contribution in [2.24, 2.45) is 0 Å². The Kier molecular flexibility index (Phi) is 4.49. The van der Waals surface area contributed by atoms with Gasteiger partial charge >= 0.3 is 5.97 Å². The molecule has 6 heteroatoms. The molecular formula is C9H10N2O3S. The van der Waals surface area contributed by atoms with Crippen molar-refractivity contribution in [1.29, 1.82) is 0 Å². The second-order valence-corrected chi connectivity index (χ2v) is 3.53. The number of rotatable bonds is 4. The third-order valence-electron chi connectivity index (χ3n) is 1.41. The summed E-state index contributed by atoms with van der Waals surface area (Å²) in [7, 11) is 0. The number of anilines is 1. The van der Waals surface area contributed by atoms with Crippen LogP contribution in [0.1, 0.15) is 0 Å². The standard InChI is InChI=1S/C9H10N2O3S/c12-8(13)6-15-9(14)11-10-7-4-2-1-3-5-7/h1-5,10H,6H2,(H,11,14)(H,12,13). The van der Waals surface area contributed by atoms with Gasteiger partial charge in [-0.3, -0.25) is 20.4 Å². The Labute approximate surface area is 90.8 Å². The maximum absolute atomic E-state index is 11.0. The molecule has 1 aromatic carbocycles. The predicted molar refractivity (Wildman–Crippen MR) is 58.7 cm³/mol. The van der Waals surface area contributed by atoms with Crippen molar-refractivity contribution < 1.29 is 14.7 Å². The number of para-hydroxylation sites is 1. The molecule has 0 atom stereocenters. The van der Waals surface area contributed by atoms with Crippen molar-refractivity contribution >= 4 is 28.7 Å². The van der Waals surface area contributed by atoms with Crippen molar-refractivity contribution in [2.45, 2.75) is 0 Å². The van der Waals surface area contributed by atoms with Gasteiger partial charge in [-0.2, -0.15) is 0 Å². The van der Waals surface area contributed by atoms with Gasteiger partial charge in [0.15, 0.2) is 0 Å². The molecule has 1 rings (SSSR count). The van der Waals surface area contributed by atoms with Gasteiger partial charge in [-0.05, 0) is 12.1 Å². The van der Waals surface area contributed by atoms with E-state index in [0.717, 1.165) is 5.69 Å². The molecule has 80 valence electrons.